The molecule has 0 aliphatic carbocycles. The van der Waals surface area contributed by atoms with Gasteiger partial charge in [0, 0.05) is 7.05 Å². The maximum absolute atomic E-state index is 5.38. The Balaban J connectivity index is 2.09. The number of aromatic nitrogens is 4. The van der Waals surface area contributed by atoms with Crippen molar-refractivity contribution in [3.8, 4) is 5.75 Å². The van der Waals surface area contributed by atoms with E-state index in [0.717, 1.165) is 22.5 Å². The molecule has 21 heavy (non-hydrogen) atoms. The minimum Gasteiger partial charge on any atom is -0.495 e. The van der Waals surface area contributed by atoms with Gasteiger partial charge >= 0.3 is 0 Å². The van der Waals surface area contributed by atoms with Gasteiger partial charge in [-0.2, -0.15) is 9.97 Å². The molecule has 7 heteroatoms. The van der Waals surface area contributed by atoms with E-state index in [4.69, 9.17) is 4.74 Å². The summed E-state index contributed by atoms with van der Waals surface area (Å²) >= 11 is 0. The van der Waals surface area contributed by atoms with E-state index < -0.39 is 0 Å². The quantitative estimate of drug-likeness (QED) is 0.682. The third-order valence-electron chi connectivity index (χ3n) is 3.12. The van der Waals surface area contributed by atoms with Crippen LogP contribution >= 0.6 is 0 Å². The standard InChI is InChI=1S/C14H16N6O/c1-8-4-5-10(21-3)9(6-8)18-13-11-12(17-7-16-11)19-14(15-2)20-13/h4-7H,1-3H3,(H3,15,16,17,18,19,20). The summed E-state index contributed by atoms with van der Waals surface area (Å²) in [6.45, 7) is 2.02. The molecule has 3 N–H and O–H groups in total. The van der Waals surface area contributed by atoms with E-state index in [1.165, 1.54) is 0 Å². The summed E-state index contributed by atoms with van der Waals surface area (Å²) in [5, 5.41) is 6.21. The number of hydrogen-bond acceptors (Lipinski definition) is 6. The van der Waals surface area contributed by atoms with E-state index in [9.17, 15) is 0 Å². The smallest absolute Gasteiger partial charge is 0.226 e. The lowest BCUT2D eigenvalue weighted by atomic mass is 10.2. The molecular weight excluding hydrogens is 268 g/mol. The molecule has 0 unspecified atom stereocenters. The molecule has 0 fully saturated rings. The molecule has 108 valence electrons. The first-order valence-electron chi connectivity index (χ1n) is 6.52. The van der Waals surface area contributed by atoms with Gasteiger partial charge < -0.3 is 20.4 Å². The van der Waals surface area contributed by atoms with Gasteiger partial charge in [0.2, 0.25) is 5.95 Å². The molecule has 3 aromatic rings. The Morgan fingerprint density at radius 3 is 2.86 bits per heavy atom. The molecule has 7 nitrogen and oxygen atoms in total. The predicted molar refractivity (Wildman–Crippen MR) is 82.2 cm³/mol. The number of aryl methyl sites for hydroxylation is 1. The molecule has 0 amide bonds. The number of rotatable bonds is 4. The summed E-state index contributed by atoms with van der Waals surface area (Å²) in [4.78, 5) is 15.9. The summed E-state index contributed by atoms with van der Waals surface area (Å²) in [5.74, 6) is 1.90. The number of methoxy groups -OCH3 is 1. The molecule has 0 aliphatic heterocycles. The third kappa shape index (κ3) is 2.45. The number of nitrogens with one attached hydrogen (secondary N) is 3. The largest absolute Gasteiger partial charge is 0.495 e. The Kier molecular flexibility index (Phi) is 3.31. The minimum atomic E-state index is 0.503. The van der Waals surface area contributed by atoms with Crippen LogP contribution in [-0.2, 0) is 0 Å². The lowest BCUT2D eigenvalue weighted by Gasteiger charge is -2.12. The highest BCUT2D eigenvalue weighted by molar-refractivity contribution is 5.86. The van der Waals surface area contributed by atoms with Crippen molar-refractivity contribution in [2.75, 3.05) is 24.8 Å². The topological polar surface area (TPSA) is 87.8 Å². The van der Waals surface area contributed by atoms with Crippen LogP contribution in [-0.4, -0.2) is 34.1 Å². The van der Waals surface area contributed by atoms with Crippen LogP contribution in [0.5, 0.6) is 5.75 Å². The Labute approximate surface area is 121 Å². The van der Waals surface area contributed by atoms with Gasteiger partial charge in [-0.15, -0.1) is 0 Å². The van der Waals surface area contributed by atoms with Gasteiger partial charge in [-0.25, -0.2) is 4.98 Å². The summed E-state index contributed by atoms with van der Waals surface area (Å²) in [6.07, 6.45) is 1.59. The van der Waals surface area contributed by atoms with E-state index in [2.05, 4.69) is 30.6 Å². The molecule has 2 heterocycles. The fourth-order valence-corrected chi connectivity index (χ4v) is 2.08. The summed E-state index contributed by atoms with van der Waals surface area (Å²) < 4.78 is 5.38. The van der Waals surface area contributed by atoms with Gasteiger partial charge in [-0.3, -0.25) is 0 Å². The lowest BCUT2D eigenvalue weighted by Crippen LogP contribution is -2.03. The predicted octanol–water partition coefficient (Wildman–Crippen LogP) is 2.46. The van der Waals surface area contributed by atoms with Crippen molar-refractivity contribution < 1.29 is 4.74 Å². The summed E-state index contributed by atoms with van der Waals surface area (Å²) in [6, 6.07) is 5.92. The molecule has 3 rings (SSSR count). The summed E-state index contributed by atoms with van der Waals surface area (Å²) in [5.41, 5.74) is 3.32. The van der Waals surface area contributed by atoms with Gasteiger partial charge in [0.25, 0.3) is 0 Å². The van der Waals surface area contributed by atoms with Crippen LogP contribution in [0.3, 0.4) is 0 Å². The molecule has 0 radical (unpaired) electrons. The molecule has 1 aromatic carbocycles. The maximum atomic E-state index is 5.38. The second-order valence-corrected chi connectivity index (χ2v) is 4.58. The molecule has 0 spiro atoms. The highest BCUT2D eigenvalue weighted by atomic mass is 16.5. The van der Waals surface area contributed by atoms with E-state index >= 15 is 0 Å². The SMILES string of the molecule is CNc1nc(Nc2cc(C)ccc2OC)c2[nH]cnc2n1. The van der Waals surface area contributed by atoms with Crippen LogP contribution in [0.1, 0.15) is 5.56 Å². The number of H-pyrrole nitrogens is 1. The molecule has 0 saturated heterocycles. The van der Waals surface area contributed by atoms with Crippen molar-refractivity contribution in [1.29, 1.82) is 0 Å². The van der Waals surface area contributed by atoms with Crippen LogP contribution in [0.4, 0.5) is 17.5 Å². The average Bonchev–Trinajstić information content (AvgIpc) is 2.96. The van der Waals surface area contributed by atoms with Crippen molar-refractivity contribution in [2.24, 2.45) is 0 Å². The maximum Gasteiger partial charge on any atom is 0.226 e. The first-order chi connectivity index (χ1) is 10.2. The molecule has 0 bridgehead atoms. The van der Waals surface area contributed by atoms with Gasteiger partial charge in [-0.05, 0) is 24.6 Å². The first-order valence-corrected chi connectivity index (χ1v) is 6.52. The van der Waals surface area contributed by atoms with E-state index in [0.29, 0.717) is 17.4 Å². The Bertz CT molecular complexity index is 782. The first kappa shape index (κ1) is 13.2. The van der Waals surface area contributed by atoms with Crippen molar-refractivity contribution in [2.45, 2.75) is 6.92 Å². The molecule has 0 aliphatic rings. The van der Waals surface area contributed by atoms with E-state index in [1.54, 1.807) is 20.5 Å². The number of nitrogens with zero attached hydrogens (tertiary/aromatic N) is 3. The minimum absolute atomic E-state index is 0.503. The number of anilines is 3. The third-order valence-corrected chi connectivity index (χ3v) is 3.12. The van der Waals surface area contributed by atoms with Crippen molar-refractivity contribution in [3.63, 3.8) is 0 Å². The van der Waals surface area contributed by atoms with Crippen LogP contribution in [0, 0.1) is 6.92 Å². The Morgan fingerprint density at radius 1 is 1.24 bits per heavy atom. The monoisotopic (exact) mass is 284 g/mol. The van der Waals surface area contributed by atoms with E-state index in [1.807, 2.05) is 25.1 Å². The van der Waals surface area contributed by atoms with Gasteiger partial charge in [0.15, 0.2) is 11.5 Å². The van der Waals surface area contributed by atoms with Crippen LogP contribution in [0.25, 0.3) is 11.2 Å². The number of hydrogen-bond donors (Lipinski definition) is 3. The summed E-state index contributed by atoms with van der Waals surface area (Å²) in [7, 11) is 3.41. The van der Waals surface area contributed by atoms with Gasteiger partial charge in [0.1, 0.15) is 11.3 Å². The van der Waals surface area contributed by atoms with Crippen molar-refractivity contribution in [3.05, 3.63) is 30.1 Å². The van der Waals surface area contributed by atoms with Crippen molar-refractivity contribution >= 4 is 28.6 Å². The fraction of sp³-hybridized carbons (Fsp3) is 0.214. The highest BCUT2D eigenvalue weighted by Gasteiger charge is 2.11. The van der Waals surface area contributed by atoms with Crippen molar-refractivity contribution in [1.82, 2.24) is 19.9 Å². The van der Waals surface area contributed by atoms with Crippen LogP contribution < -0.4 is 15.4 Å². The van der Waals surface area contributed by atoms with E-state index in [-0.39, 0.29) is 0 Å². The lowest BCUT2D eigenvalue weighted by molar-refractivity contribution is 0.416. The highest BCUT2D eigenvalue weighted by Crippen LogP contribution is 2.30. The molecule has 0 saturated carbocycles. The number of fused-ring (bicyclic) bond motifs is 1. The van der Waals surface area contributed by atoms with Gasteiger partial charge in [-0.1, -0.05) is 6.07 Å². The second kappa shape index (κ2) is 5.28. The van der Waals surface area contributed by atoms with Crippen LogP contribution in [0.15, 0.2) is 24.5 Å². The Hall–Kier alpha value is -2.83. The zero-order valence-corrected chi connectivity index (χ0v) is 12.1. The van der Waals surface area contributed by atoms with Crippen LogP contribution in [0.2, 0.25) is 0 Å². The molecular formula is C14H16N6O. The average molecular weight is 284 g/mol. The molecule has 2 aromatic heterocycles. The number of aromatic amines is 1. The zero-order valence-electron chi connectivity index (χ0n) is 12.1. The number of ether oxygens (including phenoxy) is 1. The normalized spacial score (nSPS) is 10.6. The number of benzene rings is 1. The number of imidazole rings is 1. The second-order valence-electron chi connectivity index (χ2n) is 4.58. The van der Waals surface area contributed by atoms with Gasteiger partial charge in [0.05, 0.1) is 19.1 Å². The fourth-order valence-electron chi connectivity index (χ4n) is 2.08. The zero-order chi connectivity index (χ0) is 14.8. The molecule has 0 atom stereocenters. The Morgan fingerprint density at radius 2 is 2.10 bits per heavy atom.